The van der Waals surface area contributed by atoms with Gasteiger partial charge >= 0.3 is 0 Å². The molecule has 1 aliphatic rings. The van der Waals surface area contributed by atoms with Crippen LogP contribution in [-0.4, -0.2) is 0 Å². The van der Waals surface area contributed by atoms with Gasteiger partial charge in [0.2, 0.25) is 0 Å². The largest absolute Gasteiger partial charge is 0.324 e. The van der Waals surface area contributed by atoms with Crippen molar-refractivity contribution in [3.63, 3.8) is 0 Å². The first-order valence-electron chi connectivity index (χ1n) is 4.31. The lowest BCUT2D eigenvalue weighted by Gasteiger charge is -2.07. The van der Waals surface area contributed by atoms with Gasteiger partial charge in [0.05, 0.1) is 11.6 Å². The van der Waals surface area contributed by atoms with Gasteiger partial charge in [0.15, 0.2) is 11.6 Å². The second kappa shape index (κ2) is 3.03. The molecule has 4 heteroatoms. The first-order valence-corrected chi connectivity index (χ1v) is 4.31. The van der Waals surface area contributed by atoms with E-state index >= 15 is 0 Å². The predicted octanol–water partition coefficient (Wildman–Crippen LogP) is 1.78. The van der Waals surface area contributed by atoms with Crippen LogP contribution < -0.4 is 5.73 Å². The summed E-state index contributed by atoms with van der Waals surface area (Å²) in [6.07, 6.45) is 0.985. The van der Waals surface area contributed by atoms with E-state index in [2.05, 4.69) is 0 Å². The van der Waals surface area contributed by atoms with Gasteiger partial charge in [-0.05, 0) is 30.0 Å². The molecule has 0 aliphatic heterocycles. The molecule has 2 N–H and O–H groups in total. The van der Waals surface area contributed by atoms with Gasteiger partial charge in [-0.1, -0.05) is 0 Å². The Morgan fingerprint density at radius 2 is 2.21 bits per heavy atom. The van der Waals surface area contributed by atoms with Crippen molar-refractivity contribution in [2.45, 2.75) is 18.9 Å². The second-order valence-corrected chi connectivity index (χ2v) is 3.37. The van der Waals surface area contributed by atoms with Gasteiger partial charge in [-0.25, -0.2) is 8.78 Å². The monoisotopic (exact) mass is 194 g/mol. The van der Waals surface area contributed by atoms with Crippen LogP contribution in [0.1, 0.15) is 29.2 Å². The average molecular weight is 194 g/mol. The van der Waals surface area contributed by atoms with E-state index in [1.54, 1.807) is 0 Å². The molecular formula is C10H8F2N2. The molecule has 1 aromatic rings. The second-order valence-electron chi connectivity index (χ2n) is 3.37. The fraction of sp³-hybridized carbons (Fsp3) is 0.300. The molecule has 0 aromatic heterocycles. The van der Waals surface area contributed by atoms with Crippen LogP contribution in [0, 0.1) is 23.0 Å². The van der Waals surface area contributed by atoms with Gasteiger partial charge in [0.1, 0.15) is 0 Å². The van der Waals surface area contributed by atoms with Crippen LogP contribution >= 0.6 is 0 Å². The Labute approximate surface area is 79.9 Å². The molecule has 0 spiro atoms. The third-order valence-corrected chi connectivity index (χ3v) is 2.56. The van der Waals surface area contributed by atoms with Crippen LogP contribution in [0.5, 0.6) is 0 Å². The number of nitrogens with zero attached hydrogens (tertiary/aromatic N) is 1. The zero-order valence-corrected chi connectivity index (χ0v) is 7.35. The van der Waals surface area contributed by atoms with Crippen molar-refractivity contribution in [2.24, 2.45) is 5.73 Å². The summed E-state index contributed by atoms with van der Waals surface area (Å²) in [6.45, 7) is 0. The quantitative estimate of drug-likeness (QED) is 0.684. The number of hydrogen-bond donors (Lipinski definition) is 1. The van der Waals surface area contributed by atoms with E-state index in [1.165, 1.54) is 0 Å². The van der Waals surface area contributed by atoms with Gasteiger partial charge in [-0.2, -0.15) is 5.26 Å². The van der Waals surface area contributed by atoms with Gasteiger partial charge in [-0.3, -0.25) is 0 Å². The Bertz CT molecular complexity index is 435. The molecule has 0 fully saturated rings. The van der Waals surface area contributed by atoms with Crippen LogP contribution in [0.3, 0.4) is 0 Å². The molecule has 72 valence electrons. The Kier molecular flexibility index (Phi) is 1.97. The summed E-state index contributed by atoms with van der Waals surface area (Å²) in [6, 6.07) is 2.42. The van der Waals surface area contributed by atoms with Crippen molar-refractivity contribution in [3.05, 3.63) is 34.4 Å². The molecule has 0 heterocycles. The molecule has 14 heavy (non-hydrogen) atoms. The summed E-state index contributed by atoms with van der Waals surface area (Å²) in [5.74, 6) is -1.82. The molecule has 1 aliphatic carbocycles. The smallest absolute Gasteiger partial charge is 0.162 e. The Balaban J connectivity index is 2.74. The van der Waals surface area contributed by atoms with Gasteiger partial charge in [-0.15, -0.1) is 0 Å². The SMILES string of the molecule is N#Cc1cc(F)c(F)c2c1[C@@H](N)CC2. The van der Waals surface area contributed by atoms with Crippen molar-refractivity contribution in [1.82, 2.24) is 0 Å². The molecule has 0 unspecified atom stereocenters. The van der Waals surface area contributed by atoms with Crippen molar-refractivity contribution < 1.29 is 8.78 Å². The lowest BCUT2D eigenvalue weighted by atomic mass is 10.0. The van der Waals surface area contributed by atoms with E-state index in [9.17, 15) is 8.78 Å². The molecule has 1 aromatic carbocycles. The standard InChI is InChI=1S/C10H8F2N2/c11-7-3-5(4-13)9-6(10(7)12)1-2-8(9)14/h3,8H,1-2,14H2/t8-/m0/s1. The summed E-state index contributed by atoms with van der Waals surface area (Å²) in [5, 5.41) is 8.74. The van der Waals surface area contributed by atoms with E-state index in [0.717, 1.165) is 6.07 Å². The Morgan fingerprint density at radius 1 is 1.50 bits per heavy atom. The fourth-order valence-electron chi connectivity index (χ4n) is 1.90. The summed E-state index contributed by atoms with van der Waals surface area (Å²) in [4.78, 5) is 0. The third-order valence-electron chi connectivity index (χ3n) is 2.56. The minimum Gasteiger partial charge on any atom is -0.324 e. The highest BCUT2D eigenvalue weighted by atomic mass is 19.2. The van der Waals surface area contributed by atoms with Gasteiger partial charge in [0.25, 0.3) is 0 Å². The molecule has 0 bridgehead atoms. The number of rotatable bonds is 0. The van der Waals surface area contributed by atoms with E-state index in [-0.39, 0.29) is 17.2 Å². The molecular weight excluding hydrogens is 186 g/mol. The first-order chi connectivity index (χ1) is 6.65. The highest BCUT2D eigenvalue weighted by molar-refractivity contribution is 5.48. The number of nitriles is 1. The molecule has 0 saturated heterocycles. The molecule has 1 atom stereocenters. The number of fused-ring (bicyclic) bond motifs is 1. The highest BCUT2D eigenvalue weighted by Gasteiger charge is 2.27. The number of benzene rings is 1. The van der Waals surface area contributed by atoms with E-state index in [0.29, 0.717) is 18.4 Å². The maximum absolute atomic E-state index is 13.3. The minimum atomic E-state index is -0.964. The minimum absolute atomic E-state index is 0.156. The molecule has 2 rings (SSSR count). The zero-order valence-electron chi connectivity index (χ0n) is 7.35. The molecule has 0 radical (unpaired) electrons. The lowest BCUT2D eigenvalue weighted by Crippen LogP contribution is -2.08. The Hall–Kier alpha value is -1.47. The van der Waals surface area contributed by atoms with Crippen LogP contribution in [0.15, 0.2) is 6.07 Å². The maximum atomic E-state index is 13.3. The first kappa shape index (κ1) is 9.10. The van der Waals surface area contributed by atoms with Crippen LogP contribution in [0.2, 0.25) is 0 Å². The summed E-state index contributed by atoms with van der Waals surface area (Å²) >= 11 is 0. The normalized spacial score (nSPS) is 19.1. The number of nitrogens with two attached hydrogens (primary N) is 1. The Morgan fingerprint density at radius 3 is 2.86 bits per heavy atom. The van der Waals surface area contributed by atoms with Crippen molar-refractivity contribution in [2.75, 3.05) is 0 Å². The molecule has 2 nitrogen and oxygen atoms in total. The predicted molar refractivity (Wildman–Crippen MR) is 46.3 cm³/mol. The van der Waals surface area contributed by atoms with Crippen molar-refractivity contribution in [3.8, 4) is 6.07 Å². The van der Waals surface area contributed by atoms with Crippen LogP contribution in [0.25, 0.3) is 0 Å². The maximum Gasteiger partial charge on any atom is 0.162 e. The molecule has 0 amide bonds. The van der Waals surface area contributed by atoms with Crippen molar-refractivity contribution >= 4 is 0 Å². The van der Waals surface area contributed by atoms with Gasteiger partial charge in [0, 0.05) is 6.04 Å². The fourth-order valence-corrected chi connectivity index (χ4v) is 1.90. The topological polar surface area (TPSA) is 49.8 Å². The number of halogens is 2. The lowest BCUT2D eigenvalue weighted by molar-refractivity contribution is 0.500. The van der Waals surface area contributed by atoms with Crippen LogP contribution in [0.4, 0.5) is 8.78 Å². The summed E-state index contributed by atoms with van der Waals surface area (Å²) in [5.41, 5.74) is 6.61. The van der Waals surface area contributed by atoms with E-state index < -0.39 is 11.6 Å². The summed E-state index contributed by atoms with van der Waals surface area (Å²) < 4.78 is 26.2. The number of hydrogen-bond acceptors (Lipinski definition) is 2. The van der Waals surface area contributed by atoms with E-state index in [1.807, 2.05) is 6.07 Å². The zero-order chi connectivity index (χ0) is 10.3. The van der Waals surface area contributed by atoms with Crippen molar-refractivity contribution in [1.29, 1.82) is 5.26 Å². The molecule has 0 saturated carbocycles. The summed E-state index contributed by atoms with van der Waals surface area (Å²) in [7, 11) is 0. The van der Waals surface area contributed by atoms with E-state index in [4.69, 9.17) is 11.0 Å². The third kappa shape index (κ3) is 1.10. The highest BCUT2D eigenvalue weighted by Crippen LogP contribution is 2.34. The average Bonchev–Trinajstić information content (AvgIpc) is 2.55. The van der Waals surface area contributed by atoms with Crippen LogP contribution in [-0.2, 0) is 6.42 Å². The van der Waals surface area contributed by atoms with Gasteiger partial charge < -0.3 is 5.73 Å².